The Morgan fingerprint density at radius 1 is 1.71 bits per heavy atom. The molecule has 1 aliphatic heterocycles. The van der Waals surface area contributed by atoms with Gasteiger partial charge in [-0.1, -0.05) is 0 Å². The summed E-state index contributed by atoms with van der Waals surface area (Å²) < 4.78 is 0.834. The van der Waals surface area contributed by atoms with Gasteiger partial charge in [0.25, 0.3) is 0 Å². The number of pyridine rings is 1. The SMILES string of the molecule is CC(N)C1CCN(c2ncc(Br)cc2C#N)C1. The van der Waals surface area contributed by atoms with Gasteiger partial charge in [0.05, 0.1) is 5.56 Å². The first-order chi connectivity index (χ1) is 8.11. The Morgan fingerprint density at radius 2 is 2.47 bits per heavy atom. The Morgan fingerprint density at radius 3 is 3.06 bits per heavy atom. The Labute approximate surface area is 110 Å². The highest BCUT2D eigenvalue weighted by Gasteiger charge is 2.27. The second-order valence-electron chi connectivity index (χ2n) is 4.49. The number of nitrogens with two attached hydrogens (primary N) is 1. The summed E-state index contributed by atoms with van der Waals surface area (Å²) in [6, 6.07) is 4.19. The fourth-order valence-corrected chi connectivity index (χ4v) is 2.51. The van der Waals surface area contributed by atoms with E-state index in [1.807, 2.05) is 13.0 Å². The molecule has 90 valence electrons. The van der Waals surface area contributed by atoms with Gasteiger partial charge in [0.15, 0.2) is 0 Å². The number of halogens is 1. The largest absolute Gasteiger partial charge is 0.355 e. The number of rotatable bonds is 2. The smallest absolute Gasteiger partial charge is 0.146 e. The molecule has 0 spiro atoms. The van der Waals surface area contributed by atoms with Gasteiger partial charge in [0, 0.05) is 29.8 Å². The van der Waals surface area contributed by atoms with Crippen LogP contribution in [-0.4, -0.2) is 24.1 Å². The molecule has 4 nitrogen and oxygen atoms in total. The molecule has 1 aromatic rings. The Kier molecular flexibility index (Phi) is 3.65. The second-order valence-corrected chi connectivity index (χ2v) is 5.41. The molecule has 0 aromatic carbocycles. The van der Waals surface area contributed by atoms with E-state index in [4.69, 9.17) is 11.0 Å². The molecule has 2 heterocycles. The van der Waals surface area contributed by atoms with Crippen molar-refractivity contribution >= 4 is 21.7 Å². The van der Waals surface area contributed by atoms with E-state index in [0.29, 0.717) is 11.5 Å². The molecule has 17 heavy (non-hydrogen) atoms. The molecule has 0 radical (unpaired) electrons. The van der Waals surface area contributed by atoms with Crippen LogP contribution in [0.15, 0.2) is 16.7 Å². The quantitative estimate of drug-likeness (QED) is 0.905. The molecule has 1 aliphatic rings. The maximum atomic E-state index is 9.12. The lowest BCUT2D eigenvalue weighted by Crippen LogP contribution is -2.30. The Hall–Kier alpha value is -1.12. The third-order valence-electron chi connectivity index (χ3n) is 3.22. The zero-order valence-electron chi connectivity index (χ0n) is 9.73. The van der Waals surface area contributed by atoms with Crippen LogP contribution < -0.4 is 10.6 Å². The van der Waals surface area contributed by atoms with Crippen LogP contribution in [0.3, 0.4) is 0 Å². The third-order valence-corrected chi connectivity index (χ3v) is 3.66. The maximum Gasteiger partial charge on any atom is 0.146 e. The van der Waals surface area contributed by atoms with Crippen molar-refractivity contribution in [3.63, 3.8) is 0 Å². The molecule has 0 saturated carbocycles. The highest BCUT2D eigenvalue weighted by molar-refractivity contribution is 9.10. The standard InChI is InChI=1S/C12H15BrN4/c1-8(15)9-2-3-17(7-9)12-10(5-14)4-11(13)6-16-12/h4,6,8-9H,2-3,7,15H2,1H3. The number of aromatic nitrogens is 1. The predicted octanol–water partition coefficient (Wildman–Crippen LogP) is 1.89. The highest BCUT2D eigenvalue weighted by Crippen LogP contribution is 2.27. The molecule has 0 amide bonds. The van der Waals surface area contributed by atoms with E-state index in [1.165, 1.54) is 0 Å². The van der Waals surface area contributed by atoms with Crippen molar-refractivity contribution in [1.29, 1.82) is 5.26 Å². The normalized spacial score (nSPS) is 21.3. The lowest BCUT2D eigenvalue weighted by Gasteiger charge is -2.19. The third kappa shape index (κ3) is 2.59. The highest BCUT2D eigenvalue weighted by atomic mass is 79.9. The van der Waals surface area contributed by atoms with Crippen LogP contribution in [0, 0.1) is 17.2 Å². The molecule has 0 aliphatic carbocycles. The van der Waals surface area contributed by atoms with Crippen LogP contribution in [0.2, 0.25) is 0 Å². The van der Waals surface area contributed by atoms with E-state index in [-0.39, 0.29) is 6.04 Å². The maximum absolute atomic E-state index is 9.12. The summed E-state index contributed by atoms with van der Waals surface area (Å²) in [6.45, 7) is 3.85. The van der Waals surface area contributed by atoms with Crippen molar-refractivity contribution in [3.8, 4) is 6.07 Å². The molecule has 2 unspecified atom stereocenters. The first kappa shape index (κ1) is 12.3. The van der Waals surface area contributed by atoms with E-state index in [2.05, 4.69) is 31.9 Å². The van der Waals surface area contributed by atoms with E-state index in [9.17, 15) is 0 Å². The van der Waals surface area contributed by atoms with Gasteiger partial charge in [-0.3, -0.25) is 0 Å². The summed E-state index contributed by atoms with van der Waals surface area (Å²) in [4.78, 5) is 6.49. The number of hydrogen-bond acceptors (Lipinski definition) is 4. The van der Waals surface area contributed by atoms with E-state index in [0.717, 1.165) is 29.8 Å². The minimum absolute atomic E-state index is 0.195. The molecule has 1 aromatic heterocycles. The zero-order chi connectivity index (χ0) is 12.4. The Bertz CT molecular complexity index is 452. The molecule has 5 heteroatoms. The lowest BCUT2D eigenvalue weighted by atomic mass is 10.0. The molecule has 1 fully saturated rings. The minimum Gasteiger partial charge on any atom is -0.355 e. The van der Waals surface area contributed by atoms with Gasteiger partial charge >= 0.3 is 0 Å². The van der Waals surface area contributed by atoms with Crippen molar-refractivity contribution in [3.05, 3.63) is 22.3 Å². The van der Waals surface area contributed by atoms with Crippen LogP contribution in [0.1, 0.15) is 18.9 Å². The second kappa shape index (κ2) is 5.03. The van der Waals surface area contributed by atoms with E-state index >= 15 is 0 Å². The van der Waals surface area contributed by atoms with Crippen molar-refractivity contribution in [1.82, 2.24) is 4.98 Å². The molecule has 0 bridgehead atoms. The molecular weight excluding hydrogens is 280 g/mol. The average Bonchev–Trinajstić information content (AvgIpc) is 2.78. The fraction of sp³-hybridized carbons (Fsp3) is 0.500. The van der Waals surface area contributed by atoms with E-state index < -0.39 is 0 Å². The van der Waals surface area contributed by atoms with Crippen LogP contribution in [-0.2, 0) is 0 Å². The summed E-state index contributed by atoms with van der Waals surface area (Å²) in [5.74, 6) is 1.27. The van der Waals surface area contributed by atoms with Gasteiger partial charge in [0.1, 0.15) is 11.9 Å². The van der Waals surface area contributed by atoms with Gasteiger partial charge in [0.2, 0.25) is 0 Å². The first-order valence-electron chi connectivity index (χ1n) is 5.68. The summed E-state index contributed by atoms with van der Waals surface area (Å²) in [6.07, 6.45) is 2.80. The number of hydrogen-bond donors (Lipinski definition) is 1. The monoisotopic (exact) mass is 294 g/mol. The summed E-state index contributed by atoms with van der Waals surface area (Å²) >= 11 is 3.33. The van der Waals surface area contributed by atoms with Crippen LogP contribution in [0.4, 0.5) is 5.82 Å². The Balaban J connectivity index is 2.22. The first-order valence-corrected chi connectivity index (χ1v) is 6.47. The molecule has 1 saturated heterocycles. The molecule has 2 atom stereocenters. The summed E-state index contributed by atoms with van der Waals surface area (Å²) in [5.41, 5.74) is 6.53. The topological polar surface area (TPSA) is 65.9 Å². The summed E-state index contributed by atoms with van der Waals surface area (Å²) in [7, 11) is 0. The van der Waals surface area contributed by atoms with Gasteiger partial charge < -0.3 is 10.6 Å². The molecule has 2 rings (SSSR count). The van der Waals surface area contributed by atoms with Crippen LogP contribution >= 0.6 is 15.9 Å². The van der Waals surface area contributed by atoms with Crippen LogP contribution in [0.5, 0.6) is 0 Å². The molecular formula is C12H15BrN4. The summed E-state index contributed by atoms with van der Waals surface area (Å²) in [5, 5.41) is 9.12. The van der Waals surface area contributed by atoms with Gasteiger partial charge in [-0.25, -0.2) is 4.98 Å². The van der Waals surface area contributed by atoms with Crippen molar-refractivity contribution < 1.29 is 0 Å². The number of anilines is 1. The molecule has 2 N–H and O–H groups in total. The predicted molar refractivity (Wildman–Crippen MR) is 70.6 cm³/mol. The zero-order valence-corrected chi connectivity index (χ0v) is 11.3. The van der Waals surface area contributed by atoms with Crippen LogP contribution in [0.25, 0.3) is 0 Å². The average molecular weight is 295 g/mol. The lowest BCUT2D eigenvalue weighted by molar-refractivity contribution is 0.488. The van der Waals surface area contributed by atoms with Crippen molar-refractivity contribution in [2.24, 2.45) is 11.7 Å². The number of nitriles is 1. The van der Waals surface area contributed by atoms with Gasteiger partial charge in [-0.2, -0.15) is 5.26 Å². The number of nitrogens with zero attached hydrogens (tertiary/aromatic N) is 3. The van der Waals surface area contributed by atoms with E-state index in [1.54, 1.807) is 6.20 Å². The van der Waals surface area contributed by atoms with Gasteiger partial charge in [-0.05, 0) is 41.3 Å². The fourth-order valence-electron chi connectivity index (χ4n) is 2.18. The van der Waals surface area contributed by atoms with Crippen molar-refractivity contribution in [2.75, 3.05) is 18.0 Å². The van der Waals surface area contributed by atoms with Crippen molar-refractivity contribution in [2.45, 2.75) is 19.4 Å². The minimum atomic E-state index is 0.195. The van der Waals surface area contributed by atoms with Gasteiger partial charge in [-0.15, -0.1) is 0 Å².